The third-order valence-corrected chi connectivity index (χ3v) is 5.58. The van der Waals surface area contributed by atoms with Gasteiger partial charge in [0.1, 0.15) is 5.82 Å². The number of aromatic nitrogens is 1. The minimum Gasteiger partial charge on any atom is -0.341 e. The van der Waals surface area contributed by atoms with E-state index in [1.165, 1.54) is 0 Å². The van der Waals surface area contributed by atoms with Crippen LogP contribution in [0.2, 0.25) is 0 Å². The quantitative estimate of drug-likeness (QED) is 0.879. The SMILES string of the molecule is O=C(Nc1ccccn1)NC1CCC(C(=O)N2CCSCC2)CC1. The van der Waals surface area contributed by atoms with Crippen LogP contribution in [0.4, 0.5) is 10.6 Å². The maximum Gasteiger partial charge on any atom is 0.320 e. The van der Waals surface area contributed by atoms with Crippen LogP contribution in [0.15, 0.2) is 24.4 Å². The average Bonchev–Trinajstić information content (AvgIpc) is 2.63. The maximum atomic E-state index is 12.5. The lowest BCUT2D eigenvalue weighted by molar-refractivity contribution is -0.136. The highest BCUT2D eigenvalue weighted by atomic mass is 32.2. The number of hydrogen-bond donors (Lipinski definition) is 2. The predicted molar refractivity (Wildman–Crippen MR) is 96.0 cm³/mol. The summed E-state index contributed by atoms with van der Waals surface area (Å²) in [6.07, 6.45) is 5.07. The number of pyridine rings is 1. The summed E-state index contributed by atoms with van der Waals surface area (Å²) in [6, 6.07) is 5.30. The number of nitrogens with one attached hydrogen (secondary N) is 2. The van der Waals surface area contributed by atoms with Gasteiger partial charge in [-0.25, -0.2) is 9.78 Å². The summed E-state index contributed by atoms with van der Waals surface area (Å²) >= 11 is 1.92. The van der Waals surface area contributed by atoms with Gasteiger partial charge in [0.2, 0.25) is 5.91 Å². The Kier molecular flexibility index (Phi) is 5.96. The molecule has 0 radical (unpaired) electrons. The van der Waals surface area contributed by atoms with E-state index in [0.29, 0.717) is 11.7 Å². The van der Waals surface area contributed by atoms with Crippen molar-refractivity contribution in [1.82, 2.24) is 15.2 Å². The van der Waals surface area contributed by atoms with Crippen molar-refractivity contribution in [3.63, 3.8) is 0 Å². The molecule has 7 heteroatoms. The van der Waals surface area contributed by atoms with E-state index in [4.69, 9.17) is 0 Å². The van der Waals surface area contributed by atoms with Crippen molar-refractivity contribution >= 4 is 29.5 Å². The van der Waals surface area contributed by atoms with Crippen LogP contribution in [0.1, 0.15) is 25.7 Å². The second-order valence-corrected chi connectivity index (χ2v) is 7.52. The van der Waals surface area contributed by atoms with E-state index in [9.17, 15) is 9.59 Å². The molecule has 1 aromatic heterocycles. The van der Waals surface area contributed by atoms with Crippen LogP contribution in [0, 0.1) is 5.92 Å². The van der Waals surface area contributed by atoms with Crippen molar-refractivity contribution in [1.29, 1.82) is 0 Å². The van der Waals surface area contributed by atoms with Gasteiger partial charge in [-0.15, -0.1) is 0 Å². The molecular weight excluding hydrogens is 324 g/mol. The van der Waals surface area contributed by atoms with Gasteiger partial charge in [-0.1, -0.05) is 6.07 Å². The van der Waals surface area contributed by atoms with Crippen molar-refractivity contribution in [2.75, 3.05) is 29.9 Å². The van der Waals surface area contributed by atoms with Crippen LogP contribution < -0.4 is 10.6 Å². The lowest BCUT2D eigenvalue weighted by Crippen LogP contribution is -2.45. The van der Waals surface area contributed by atoms with Gasteiger partial charge < -0.3 is 10.2 Å². The highest BCUT2D eigenvalue weighted by Crippen LogP contribution is 2.27. The molecule has 1 saturated carbocycles. The minimum absolute atomic E-state index is 0.130. The average molecular weight is 348 g/mol. The number of amides is 3. The van der Waals surface area contributed by atoms with E-state index < -0.39 is 0 Å². The lowest BCUT2D eigenvalue weighted by atomic mass is 9.85. The molecule has 6 nitrogen and oxygen atoms in total. The molecule has 0 unspecified atom stereocenters. The summed E-state index contributed by atoms with van der Waals surface area (Å²) in [5.41, 5.74) is 0. The molecule has 3 rings (SSSR count). The Hall–Kier alpha value is -1.76. The van der Waals surface area contributed by atoms with Gasteiger partial charge in [-0.05, 0) is 37.8 Å². The van der Waals surface area contributed by atoms with Crippen LogP contribution in [-0.2, 0) is 4.79 Å². The van der Waals surface area contributed by atoms with Crippen LogP contribution in [0.3, 0.4) is 0 Å². The third kappa shape index (κ3) is 4.63. The van der Waals surface area contributed by atoms with Gasteiger partial charge >= 0.3 is 6.03 Å². The Morgan fingerprint density at radius 1 is 1.12 bits per heavy atom. The molecule has 0 aromatic carbocycles. The maximum absolute atomic E-state index is 12.5. The van der Waals surface area contributed by atoms with Crippen LogP contribution >= 0.6 is 11.8 Å². The van der Waals surface area contributed by atoms with E-state index >= 15 is 0 Å². The van der Waals surface area contributed by atoms with Crippen molar-refractivity contribution in [3.05, 3.63) is 24.4 Å². The summed E-state index contributed by atoms with van der Waals surface area (Å²) in [5.74, 6) is 3.09. The van der Waals surface area contributed by atoms with Gasteiger partial charge in [0.05, 0.1) is 0 Å². The Labute approximate surface area is 146 Å². The monoisotopic (exact) mass is 348 g/mol. The first-order valence-corrected chi connectivity index (χ1v) is 9.73. The fourth-order valence-electron chi connectivity index (χ4n) is 3.30. The fraction of sp³-hybridized carbons (Fsp3) is 0.588. The number of thioether (sulfide) groups is 1. The summed E-state index contributed by atoms with van der Waals surface area (Å²) in [6.45, 7) is 1.77. The van der Waals surface area contributed by atoms with Crippen molar-refractivity contribution in [2.24, 2.45) is 5.92 Å². The Balaban J connectivity index is 1.41. The smallest absolute Gasteiger partial charge is 0.320 e. The number of anilines is 1. The Morgan fingerprint density at radius 3 is 2.54 bits per heavy atom. The molecule has 1 aromatic rings. The van der Waals surface area contributed by atoms with E-state index in [2.05, 4.69) is 15.6 Å². The molecule has 2 aliphatic rings. The molecule has 0 spiro atoms. The predicted octanol–water partition coefficient (Wildman–Crippen LogP) is 2.34. The zero-order valence-corrected chi connectivity index (χ0v) is 14.6. The van der Waals surface area contributed by atoms with Crippen LogP contribution in [0.5, 0.6) is 0 Å². The molecule has 1 saturated heterocycles. The molecule has 2 N–H and O–H groups in total. The number of carbonyl (C=O) groups excluding carboxylic acids is 2. The molecule has 24 heavy (non-hydrogen) atoms. The highest BCUT2D eigenvalue weighted by molar-refractivity contribution is 7.99. The first-order chi connectivity index (χ1) is 11.7. The Morgan fingerprint density at radius 2 is 1.88 bits per heavy atom. The van der Waals surface area contributed by atoms with Gasteiger partial charge in [0, 0.05) is 42.8 Å². The molecule has 0 atom stereocenters. The molecule has 2 fully saturated rings. The number of rotatable bonds is 3. The first kappa shape index (κ1) is 17.1. The summed E-state index contributed by atoms with van der Waals surface area (Å²) < 4.78 is 0. The van der Waals surface area contributed by atoms with Gasteiger partial charge in [-0.3, -0.25) is 10.1 Å². The van der Waals surface area contributed by atoms with E-state index in [1.54, 1.807) is 12.3 Å². The topological polar surface area (TPSA) is 74.3 Å². The van der Waals surface area contributed by atoms with Crippen LogP contribution in [0.25, 0.3) is 0 Å². The molecule has 0 bridgehead atoms. The molecule has 1 aliphatic heterocycles. The van der Waals surface area contributed by atoms with Gasteiger partial charge in [0.15, 0.2) is 0 Å². The summed E-state index contributed by atoms with van der Waals surface area (Å²) in [4.78, 5) is 30.6. The first-order valence-electron chi connectivity index (χ1n) is 8.57. The number of hydrogen-bond acceptors (Lipinski definition) is 4. The normalized spacial score (nSPS) is 24.2. The molecule has 130 valence electrons. The molecule has 3 amide bonds. The zero-order valence-electron chi connectivity index (χ0n) is 13.7. The van der Waals surface area contributed by atoms with E-state index in [-0.39, 0.29) is 18.0 Å². The minimum atomic E-state index is -0.225. The fourth-order valence-corrected chi connectivity index (χ4v) is 4.20. The summed E-state index contributed by atoms with van der Waals surface area (Å²) in [7, 11) is 0. The van der Waals surface area contributed by atoms with Gasteiger partial charge in [-0.2, -0.15) is 11.8 Å². The van der Waals surface area contributed by atoms with Gasteiger partial charge in [0.25, 0.3) is 0 Å². The number of carbonyl (C=O) groups is 2. The number of nitrogens with zero attached hydrogens (tertiary/aromatic N) is 2. The van der Waals surface area contributed by atoms with Crippen molar-refractivity contribution in [2.45, 2.75) is 31.7 Å². The Bertz CT molecular complexity index is 555. The van der Waals surface area contributed by atoms with Crippen molar-refractivity contribution in [3.8, 4) is 0 Å². The zero-order chi connectivity index (χ0) is 16.8. The van der Waals surface area contributed by atoms with E-state index in [0.717, 1.165) is 50.3 Å². The van der Waals surface area contributed by atoms with Crippen molar-refractivity contribution < 1.29 is 9.59 Å². The largest absolute Gasteiger partial charge is 0.341 e. The standard InChI is InChI=1S/C17H24N4O2S/c22-16(21-9-11-24-12-10-21)13-4-6-14(7-5-13)19-17(23)20-15-3-1-2-8-18-15/h1-3,8,13-14H,4-7,9-12H2,(H2,18,19,20,23). The number of urea groups is 1. The molecule has 2 heterocycles. The third-order valence-electron chi connectivity index (χ3n) is 4.64. The van der Waals surface area contributed by atoms with Crippen LogP contribution in [-0.4, -0.2) is 52.5 Å². The summed E-state index contributed by atoms with van der Waals surface area (Å²) in [5, 5.41) is 5.72. The molecule has 1 aliphatic carbocycles. The second-order valence-electron chi connectivity index (χ2n) is 6.30. The van der Waals surface area contributed by atoms with E-state index in [1.807, 2.05) is 28.8 Å². The highest BCUT2D eigenvalue weighted by Gasteiger charge is 2.30. The molecular formula is C17H24N4O2S. The second kappa shape index (κ2) is 8.37. The lowest BCUT2D eigenvalue weighted by Gasteiger charge is -2.34.